The fourth-order valence-corrected chi connectivity index (χ4v) is 3.25. The van der Waals surface area contributed by atoms with E-state index in [1.54, 1.807) is 0 Å². The van der Waals surface area contributed by atoms with Crippen molar-refractivity contribution in [1.29, 1.82) is 0 Å². The minimum absolute atomic E-state index is 0.175. The predicted octanol–water partition coefficient (Wildman–Crippen LogP) is 2.79. The molecule has 1 aromatic carbocycles. The molecule has 1 aromatic rings. The Morgan fingerprint density at radius 2 is 1.88 bits per heavy atom. The van der Waals surface area contributed by atoms with Gasteiger partial charge in [-0.2, -0.15) is 0 Å². The summed E-state index contributed by atoms with van der Waals surface area (Å²) in [5.74, 6) is 1.80. The van der Waals surface area contributed by atoms with E-state index in [9.17, 15) is 5.11 Å². The van der Waals surface area contributed by atoms with Crippen LogP contribution in [0.4, 0.5) is 0 Å². The first-order valence-electron chi connectivity index (χ1n) is 6.73. The summed E-state index contributed by atoms with van der Waals surface area (Å²) in [4.78, 5) is 0. The molecule has 3 rings (SSSR count). The van der Waals surface area contributed by atoms with Gasteiger partial charge in [-0.05, 0) is 36.8 Å². The first kappa shape index (κ1) is 11.1. The Labute approximate surface area is 103 Å². The molecule has 0 bridgehead atoms. The zero-order valence-corrected chi connectivity index (χ0v) is 10.1. The number of hydrogen-bond acceptors (Lipinski definition) is 2. The first-order valence-corrected chi connectivity index (χ1v) is 6.73. The van der Waals surface area contributed by atoms with Gasteiger partial charge in [-0.1, -0.05) is 31.0 Å². The van der Waals surface area contributed by atoms with Gasteiger partial charge in [0, 0.05) is 5.92 Å². The van der Waals surface area contributed by atoms with Crippen molar-refractivity contribution >= 4 is 0 Å². The topological polar surface area (TPSA) is 29.5 Å². The van der Waals surface area contributed by atoms with Crippen molar-refractivity contribution in [2.75, 3.05) is 6.61 Å². The van der Waals surface area contributed by atoms with Gasteiger partial charge in [-0.15, -0.1) is 0 Å². The Balaban J connectivity index is 1.70. The van der Waals surface area contributed by atoms with Crippen LogP contribution in [0.2, 0.25) is 0 Å². The summed E-state index contributed by atoms with van der Waals surface area (Å²) in [7, 11) is 0. The van der Waals surface area contributed by atoms with E-state index >= 15 is 0 Å². The van der Waals surface area contributed by atoms with Gasteiger partial charge in [0.15, 0.2) is 0 Å². The molecule has 1 heterocycles. The summed E-state index contributed by atoms with van der Waals surface area (Å²) in [5, 5.41) is 10.4. The lowest BCUT2D eigenvalue weighted by molar-refractivity contribution is 0.0228. The smallest absolute Gasteiger partial charge is 0.122 e. The minimum atomic E-state index is -0.175. The van der Waals surface area contributed by atoms with Crippen LogP contribution in [-0.4, -0.2) is 17.8 Å². The van der Waals surface area contributed by atoms with Crippen LogP contribution >= 0.6 is 0 Å². The first-order chi connectivity index (χ1) is 8.34. The minimum Gasteiger partial charge on any atom is -0.493 e. The number of benzene rings is 1. The molecule has 2 heteroatoms. The molecule has 0 saturated heterocycles. The van der Waals surface area contributed by atoms with Crippen molar-refractivity contribution in [3.8, 4) is 5.75 Å². The largest absolute Gasteiger partial charge is 0.493 e. The highest BCUT2D eigenvalue weighted by atomic mass is 16.5. The highest BCUT2D eigenvalue weighted by Gasteiger charge is 2.32. The molecule has 0 spiro atoms. The van der Waals surface area contributed by atoms with Gasteiger partial charge in [0.25, 0.3) is 0 Å². The quantitative estimate of drug-likeness (QED) is 0.849. The van der Waals surface area contributed by atoms with Gasteiger partial charge in [-0.25, -0.2) is 0 Å². The van der Waals surface area contributed by atoms with Crippen LogP contribution in [0.3, 0.4) is 0 Å². The highest BCUT2D eigenvalue weighted by molar-refractivity contribution is 5.35. The fraction of sp³-hybridized carbons (Fsp3) is 0.600. The van der Waals surface area contributed by atoms with Gasteiger partial charge >= 0.3 is 0 Å². The van der Waals surface area contributed by atoms with Gasteiger partial charge in [0.1, 0.15) is 5.75 Å². The molecule has 2 nitrogen and oxygen atoms in total. The second-order valence-electron chi connectivity index (χ2n) is 5.42. The Kier molecular flexibility index (Phi) is 3.06. The van der Waals surface area contributed by atoms with Crippen molar-refractivity contribution < 1.29 is 9.84 Å². The van der Waals surface area contributed by atoms with Crippen LogP contribution in [0.15, 0.2) is 24.3 Å². The lowest BCUT2D eigenvalue weighted by Crippen LogP contribution is -2.35. The van der Waals surface area contributed by atoms with Gasteiger partial charge in [0.2, 0.25) is 0 Å². The Hall–Kier alpha value is -1.02. The molecule has 1 aliphatic carbocycles. The van der Waals surface area contributed by atoms with E-state index in [1.807, 2.05) is 18.2 Å². The number of ether oxygens (including phenoxy) is 1. The van der Waals surface area contributed by atoms with Crippen LogP contribution in [0, 0.1) is 11.8 Å². The lowest BCUT2D eigenvalue weighted by atomic mass is 9.84. The summed E-state index contributed by atoms with van der Waals surface area (Å²) in [6.07, 6.45) is 5.75. The Morgan fingerprint density at radius 3 is 2.71 bits per heavy atom. The predicted molar refractivity (Wildman–Crippen MR) is 67.1 cm³/mol. The van der Waals surface area contributed by atoms with E-state index in [2.05, 4.69) is 6.07 Å². The van der Waals surface area contributed by atoms with Crippen LogP contribution in [0.5, 0.6) is 5.75 Å². The van der Waals surface area contributed by atoms with E-state index in [-0.39, 0.29) is 12.0 Å². The molecule has 2 atom stereocenters. The van der Waals surface area contributed by atoms with Crippen LogP contribution < -0.4 is 4.74 Å². The standard InChI is InChI=1S/C15H20O2/c16-15(11-5-1-2-6-11)13-9-12-7-3-4-8-14(12)17-10-13/h3-4,7-8,11,13,15-16H,1-2,5-6,9-10H2. The molecule has 1 fully saturated rings. The molecule has 17 heavy (non-hydrogen) atoms. The maximum atomic E-state index is 10.4. The molecular formula is C15H20O2. The lowest BCUT2D eigenvalue weighted by Gasteiger charge is -2.31. The summed E-state index contributed by atoms with van der Waals surface area (Å²) in [6.45, 7) is 0.675. The van der Waals surface area contributed by atoms with Crippen LogP contribution in [-0.2, 0) is 6.42 Å². The highest BCUT2D eigenvalue weighted by Crippen LogP contribution is 2.35. The van der Waals surface area contributed by atoms with Gasteiger partial charge in [0.05, 0.1) is 12.7 Å². The molecule has 0 amide bonds. The van der Waals surface area contributed by atoms with Crippen LogP contribution in [0.25, 0.3) is 0 Å². The van der Waals surface area contributed by atoms with Gasteiger partial charge in [-0.3, -0.25) is 0 Å². The van der Waals surface area contributed by atoms with Crippen molar-refractivity contribution in [2.24, 2.45) is 11.8 Å². The third kappa shape index (κ3) is 2.19. The fourth-order valence-electron chi connectivity index (χ4n) is 3.25. The van der Waals surface area contributed by atoms with Crippen molar-refractivity contribution in [2.45, 2.75) is 38.2 Å². The van der Waals surface area contributed by atoms with E-state index < -0.39 is 0 Å². The number of aliphatic hydroxyl groups is 1. The zero-order chi connectivity index (χ0) is 11.7. The third-order valence-electron chi connectivity index (χ3n) is 4.27. The number of hydrogen-bond donors (Lipinski definition) is 1. The molecule has 0 aromatic heterocycles. The Bertz CT molecular complexity index is 382. The Morgan fingerprint density at radius 1 is 1.12 bits per heavy atom. The normalized spacial score (nSPS) is 26.3. The summed E-state index contributed by atoms with van der Waals surface area (Å²) in [6, 6.07) is 8.19. The van der Waals surface area contributed by atoms with Crippen LogP contribution in [0.1, 0.15) is 31.2 Å². The molecular weight excluding hydrogens is 212 g/mol. The van der Waals surface area contributed by atoms with Gasteiger partial charge < -0.3 is 9.84 Å². The van der Waals surface area contributed by atoms with E-state index in [0.29, 0.717) is 12.5 Å². The summed E-state index contributed by atoms with van der Waals surface area (Å²) >= 11 is 0. The van der Waals surface area contributed by atoms with E-state index in [0.717, 1.165) is 12.2 Å². The summed E-state index contributed by atoms with van der Waals surface area (Å²) < 4.78 is 5.76. The number of aliphatic hydroxyl groups excluding tert-OH is 1. The monoisotopic (exact) mass is 232 g/mol. The molecule has 92 valence electrons. The van der Waals surface area contributed by atoms with E-state index in [1.165, 1.54) is 31.2 Å². The maximum Gasteiger partial charge on any atom is 0.122 e. The maximum absolute atomic E-state index is 10.4. The average Bonchev–Trinajstić information content (AvgIpc) is 2.91. The average molecular weight is 232 g/mol. The van der Waals surface area contributed by atoms with Crippen molar-refractivity contribution in [1.82, 2.24) is 0 Å². The van der Waals surface area contributed by atoms with E-state index in [4.69, 9.17) is 4.74 Å². The number of fused-ring (bicyclic) bond motifs is 1. The molecule has 1 N–H and O–H groups in total. The second-order valence-corrected chi connectivity index (χ2v) is 5.42. The van der Waals surface area contributed by atoms with Crippen molar-refractivity contribution in [3.63, 3.8) is 0 Å². The molecule has 1 aliphatic heterocycles. The molecule has 1 saturated carbocycles. The molecule has 2 aliphatic rings. The SMILES string of the molecule is OC(C1CCCC1)C1COc2ccccc2C1. The second kappa shape index (κ2) is 4.69. The van der Waals surface area contributed by atoms with Crippen molar-refractivity contribution in [3.05, 3.63) is 29.8 Å². The summed E-state index contributed by atoms with van der Waals surface area (Å²) in [5.41, 5.74) is 1.25. The molecule has 0 radical (unpaired) electrons. The zero-order valence-electron chi connectivity index (χ0n) is 10.1. The number of para-hydroxylation sites is 1. The third-order valence-corrected chi connectivity index (χ3v) is 4.27. The number of rotatable bonds is 2. The molecule has 2 unspecified atom stereocenters.